The first-order valence-corrected chi connectivity index (χ1v) is 8.72. The Morgan fingerprint density at radius 2 is 2.11 bits per heavy atom. The third-order valence-corrected chi connectivity index (χ3v) is 5.18. The number of hydrogen-bond donors (Lipinski definition) is 0. The maximum atomic E-state index is 11.3. The fourth-order valence-electron chi connectivity index (χ4n) is 2.07. The van der Waals surface area contributed by atoms with Gasteiger partial charge in [-0.25, -0.2) is 0 Å². The molecule has 18 heavy (non-hydrogen) atoms. The number of rotatable bonds is 4. The molecule has 100 valence electrons. The summed E-state index contributed by atoms with van der Waals surface area (Å²) in [4.78, 5) is 3.52. The molecule has 0 spiro atoms. The van der Waals surface area contributed by atoms with Crippen molar-refractivity contribution in [3.63, 3.8) is 0 Å². The summed E-state index contributed by atoms with van der Waals surface area (Å²) >= 11 is 1.70. The molecule has 0 aromatic heterocycles. The van der Waals surface area contributed by atoms with Crippen LogP contribution in [0.25, 0.3) is 0 Å². The summed E-state index contributed by atoms with van der Waals surface area (Å²) in [5.41, 5.74) is 1.26. The molecule has 0 aliphatic carbocycles. The minimum Gasteiger partial charge on any atom is -0.496 e. The van der Waals surface area contributed by atoms with Gasteiger partial charge in [-0.1, -0.05) is 6.07 Å². The Morgan fingerprint density at radius 3 is 2.72 bits per heavy atom. The summed E-state index contributed by atoms with van der Waals surface area (Å²) < 4.78 is 16.7. The van der Waals surface area contributed by atoms with Crippen molar-refractivity contribution in [1.29, 1.82) is 0 Å². The number of benzene rings is 1. The lowest BCUT2D eigenvalue weighted by atomic mass is 10.2. The summed E-state index contributed by atoms with van der Waals surface area (Å²) in [5, 5.41) is 0. The van der Waals surface area contributed by atoms with E-state index in [4.69, 9.17) is 4.74 Å². The molecule has 0 radical (unpaired) electrons. The highest BCUT2D eigenvalue weighted by molar-refractivity contribution is 7.98. The van der Waals surface area contributed by atoms with Gasteiger partial charge in [-0.3, -0.25) is 9.11 Å². The SMILES string of the molecule is COc1cc(CN2CCS(=O)CC2)ccc1SC. The van der Waals surface area contributed by atoms with E-state index in [-0.39, 0.29) is 0 Å². The Labute approximate surface area is 115 Å². The Hall–Kier alpha value is -0.520. The molecular formula is C13H19NO2S2. The van der Waals surface area contributed by atoms with Gasteiger partial charge in [0.15, 0.2) is 0 Å². The van der Waals surface area contributed by atoms with Crippen LogP contribution in [-0.2, 0) is 17.3 Å². The average Bonchev–Trinajstić information content (AvgIpc) is 2.41. The van der Waals surface area contributed by atoms with Gasteiger partial charge >= 0.3 is 0 Å². The first-order chi connectivity index (χ1) is 8.72. The molecule has 0 saturated carbocycles. The fraction of sp³-hybridized carbons (Fsp3) is 0.538. The van der Waals surface area contributed by atoms with Crippen LogP contribution >= 0.6 is 11.8 Å². The lowest BCUT2D eigenvalue weighted by Gasteiger charge is -2.26. The van der Waals surface area contributed by atoms with E-state index in [0.717, 1.165) is 36.9 Å². The van der Waals surface area contributed by atoms with Crippen molar-refractivity contribution in [2.24, 2.45) is 0 Å². The standard InChI is InChI=1S/C13H19NO2S2/c1-16-12-9-11(3-4-13(12)17-2)10-14-5-7-18(15)8-6-14/h3-4,9H,5-8,10H2,1-2H3. The van der Waals surface area contributed by atoms with Gasteiger partial charge in [0.05, 0.1) is 7.11 Å². The molecule has 1 aliphatic heterocycles. The third-order valence-electron chi connectivity index (χ3n) is 3.12. The number of hydrogen-bond acceptors (Lipinski definition) is 4. The molecule has 0 unspecified atom stereocenters. The minimum atomic E-state index is -0.600. The molecule has 2 rings (SSSR count). The average molecular weight is 285 g/mol. The molecule has 0 amide bonds. The van der Waals surface area contributed by atoms with E-state index in [1.54, 1.807) is 18.9 Å². The second kappa shape index (κ2) is 6.59. The molecule has 0 atom stereocenters. The van der Waals surface area contributed by atoms with E-state index in [0.29, 0.717) is 0 Å². The van der Waals surface area contributed by atoms with Crippen molar-refractivity contribution in [3.05, 3.63) is 23.8 Å². The molecule has 1 heterocycles. The molecular weight excluding hydrogens is 266 g/mol. The summed E-state index contributed by atoms with van der Waals surface area (Å²) in [6, 6.07) is 6.37. The normalized spacial score (nSPS) is 17.9. The van der Waals surface area contributed by atoms with Crippen molar-refractivity contribution in [2.75, 3.05) is 38.0 Å². The van der Waals surface area contributed by atoms with Gasteiger partial charge in [0, 0.05) is 46.8 Å². The van der Waals surface area contributed by atoms with Crippen LogP contribution in [0.2, 0.25) is 0 Å². The maximum Gasteiger partial charge on any atom is 0.132 e. The molecule has 1 saturated heterocycles. The molecule has 0 bridgehead atoms. The molecule has 1 aromatic carbocycles. The van der Waals surface area contributed by atoms with Crippen LogP contribution in [0.5, 0.6) is 5.75 Å². The second-order valence-electron chi connectivity index (χ2n) is 4.31. The zero-order chi connectivity index (χ0) is 13.0. The minimum absolute atomic E-state index is 0.600. The van der Waals surface area contributed by atoms with Crippen molar-refractivity contribution in [1.82, 2.24) is 4.90 Å². The summed E-state index contributed by atoms with van der Waals surface area (Å²) in [7, 11) is 1.11. The fourth-order valence-corrected chi connectivity index (χ4v) is 3.75. The maximum absolute atomic E-state index is 11.3. The molecule has 0 N–H and O–H groups in total. The summed E-state index contributed by atoms with van der Waals surface area (Å²) in [6.07, 6.45) is 2.05. The first-order valence-electron chi connectivity index (χ1n) is 6.01. The number of thioether (sulfide) groups is 1. The van der Waals surface area contributed by atoms with E-state index >= 15 is 0 Å². The summed E-state index contributed by atoms with van der Waals surface area (Å²) in [6.45, 7) is 2.78. The monoisotopic (exact) mass is 285 g/mol. The van der Waals surface area contributed by atoms with Crippen molar-refractivity contribution in [3.8, 4) is 5.75 Å². The van der Waals surface area contributed by atoms with Crippen LogP contribution in [-0.4, -0.2) is 47.1 Å². The lowest BCUT2D eigenvalue weighted by Crippen LogP contribution is -2.37. The number of nitrogens with zero attached hydrogens (tertiary/aromatic N) is 1. The van der Waals surface area contributed by atoms with Crippen LogP contribution in [0.3, 0.4) is 0 Å². The molecule has 1 aromatic rings. The van der Waals surface area contributed by atoms with Gasteiger partial charge < -0.3 is 4.74 Å². The van der Waals surface area contributed by atoms with E-state index in [2.05, 4.69) is 29.4 Å². The zero-order valence-corrected chi connectivity index (χ0v) is 12.5. The Bertz CT molecular complexity index is 427. The Kier molecular flexibility index (Phi) is 5.09. The first kappa shape index (κ1) is 13.9. The van der Waals surface area contributed by atoms with E-state index in [9.17, 15) is 4.21 Å². The Morgan fingerprint density at radius 1 is 1.39 bits per heavy atom. The van der Waals surface area contributed by atoms with Gasteiger partial charge in [0.2, 0.25) is 0 Å². The van der Waals surface area contributed by atoms with E-state index in [1.807, 2.05) is 0 Å². The van der Waals surface area contributed by atoms with Gasteiger partial charge in [-0.15, -0.1) is 11.8 Å². The predicted octanol–water partition coefficient (Wildman–Crippen LogP) is 1.98. The molecule has 5 heteroatoms. The van der Waals surface area contributed by atoms with E-state index in [1.165, 1.54) is 10.5 Å². The quantitative estimate of drug-likeness (QED) is 0.791. The van der Waals surface area contributed by atoms with Gasteiger partial charge in [0.1, 0.15) is 5.75 Å². The largest absolute Gasteiger partial charge is 0.496 e. The van der Waals surface area contributed by atoms with Crippen LogP contribution in [0.4, 0.5) is 0 Å². The van der Waals surface area contributed by atoms with Crippen molar-refractivity contribution in [2.45, 2.75) is 11.4 Å². The zero-order valence-electron chi connectivity index (χ0n) is 10.8. The van der Waals surface area contributed by atoms with E-state index < -0.39 is 10.8 Å². The predicted molar refractivity (Wildman–Crippen MR) is 77.9 cm³/mol. The third kappa shape index (κ3) is 3.49. The van der Waals surface area contributed by atoms with Gasteiger partial charge in [-0.05, 0) is 24.0 Å². The number of ether oxygens (including phenoxy) is 1. The summed E-state index contributed by atoms with van der Waals surface area (Å²) in [5.74, 6) is 2.56. The van der Waals surface area contributed by atoms with Crippen LogP contribution in [0, 0.1) is 0 Å². The highest BCUT2D eigenvalue weighted by Crippen LogP contribution is 2.28. The van der Waals surface area contributed by atoms with Gasteiger partial charge in [-0.2, -0.15) is 0 Å². The molecule has 1 aliphatic rings. The topological polar surface area (TPSA) is 29.5 Å². The number of methoxy groups -OCH3 is 1. The van der Waals surface area contributed by atoms with Crippen LogP contribution in [0.1, 0.15) is 5.56 Å². The molecule has 1 fully saturated rings. The highest BCUT2D eigenvalue weighted by atomic mass is 32.2. The van der Waals surface area contributed by atoms with Crippen molar-refractivity contribution < 1.29 is 8.95 Å². The Balaban J connectivity index is 2.03. The highest BCUT2D eigenvalue weighted by Gasteiger charge is 2.15. The van der Waals surface area contributed by atoms with Crippen molar-refractivity contribution >= 4 is 22.6 Å². The second-order valence-corrected chi connectivity index (χ2v) is 6.86. The smallest absolute Gasteiger partial charge is 0.132 e. The van der Waals surface area contributed by atoms with Gasteiger partial charge in [0.25, 0.3) is 0 Å². The molecule has 3 nitrogen and oxygen atoms in total. The van der Waals surface area contributed by atoms with Crippen LogP contribution < -0.4 is 4.74 Å². The lowest BCUT2D eigenvalue weighted by molar-refractivity contribution is 0.290. The van der Waals surface area contributed by atoms with Crippen LogP contribution in [0.15, 0.2) is 23.1 Å².